The first-order valence-corrected chi connectivity index (χ1v) is 3.53. The largest absolute Gasteiger partial charge is 0.506 e. The Labute approximate surface area is 64.4 Å². The number of aliphatic hydroxyl groups is 2. The van der Waals surface area contributed by atoms with Gasteiger partial charge in [-0.2, -0.15) is 0 Å². The number of dihydropyridines is 1. The Morgan fingerprint density at radius 1 is 1.55 bits per heavy atom. The summed E-state index contributed by atoms with van der Waals surface area (Å²) in [4.78, 5) is 0. The van der Waals surface area contributed by atoms with Crippen molar-refractivity contribution in [3.63, 3.8) is 0 Å². The summed E-state index contributed by atoms with van der Waals surface area (Å²) in [5.74, 6) is 0.150. The zero-order valence-electron chi connectivity index (χ0n) is 5.91. The molecule has 0 fully saturated rings. The van der Waals surface area contributed by atoms with Gasteiger partial charge in [-0.1, -0.05) is 12.2 Å². The van der Waals surface area contributed by atoms with Gasteiger partial charge in [-0.15, -0.1) is 0 Å². The molecule has 11 heavy (non-hydrogen) atoms. The van der Waals surface area contributed by atoms with Gasteiger partial charge in [0.1, 0.15) is 11.9 Å². The lowest BCUT2D eigenvalue weighted by atomic mass is 10.1. The van der Waals surface area contributed by atoms with Crippen LogP contribution >= 0.6 is 0 Å². The van der Waals surface area contributed by atoms with Crippen LogP contribution in [0, 0.1) is 0 Å². The van der Waals surface area contributed by atoms with Gasteiger partial charge in [0.2, 0.25) is 0 Å². The van der Waals surface area contributed by atoms with Gasteiger partial charge in [-0.25, -0.2) is 0 Å². The SMILES string of the molecule is OC1=CC(O)C2=C1NCC=C2. The zero-order valence-corrected chi connectivity index (χ0v) is 5.91. The monoisotopic (exact) mass is 151 g/mol. The standard InChI is InChI=1S/C8H9NO2/c10-6-4-7(11)8-5(6)2-1-3-9-8/h1-2,4,6,9-11H,3H2. The molecule has 0 radical (unpaired) electrons. The summed E-state index contributed by atoms with van der Waals surface area (Å²) in [6.07, 6.45) is 4.52. The number of aliphatic hydroxyl groups excluding tert-OH is 2. The summed E-state index contributed by atoms with van der Waals surface area (Å²) in [6, 6.07) is 0. The molecule has 0 aromatic rings. The molecule has 1 aliphatic heterocycles. The predicted octanol–water partition coefficient (Wildman–Crippen LogP) is 0.216. The first-order chi connectivity index (χ1) is 5.29. The summed E-state index contributed by atoms with van der Waals surface area (Å²) in [5.41, 5.74) is 1.42. The maximum absolute atomic E-state index is 9.31. The highest BCUT2D eigenvalue weighted by molar-refractivity contribution is 5.48. The van der Waals surface area contributed by atoms with Gasteiger partial charge in [0.15, 0.2) is 0 Å². The fourth-order valence-corrected chi connectivity index (χ4v) is 1.34. The van der Waals surface area contributed by atoms with Crippen LogP contribution in [-0.2, 0) is 0 Å². The fraction of sp³-hybridized carbons (Fsp3) is 0.250. The molecule has 1 atom stereocenters. The Morgan fingerprint density at radius 3 is 3.09 bits per heavy atom. The molecular formula is C8H9NO2. The van der Waals surface area contributed by atoms with E-state index < -0.39 is 6.10 Å². The topological polar surface area (TPSA) is 52.5 Å². The average molecular weight is 151 g/mol. The summed E-state index contributed by atoms with van der Waals surface area (Å²) >= 11 is 0. The number of nitrogens with one attached hydrogen (secondary N) is 1. The predicted molar refractivity (Wildman–Crippen MR) is 40.9 cm³/mol. The molecule has 0 amide bonds. The van der Waals surface area contributed by atoms with Crippen molar-refractivity contribution in [3.8, 4) is 0 Å². The van der Waals surface area contributed by atoms with Crippen LogP contribution in [-0.4, -0.2) is 22.9 Å². The van der Waals surface area contributed by atoms with E-state index in [1.165, 1.54) is 6.08 Å². The van der Waals surface area contributed by atoms with Gasteiger partial charge < -0.3 is 15.5 Å². The molecule has 0 spiro atoms. The molecule has 0 saturated carbocycles. The minimum absolute atomic E-state index is 0.150. The lowest BCUT2D eigenvalue weighted by molar-refractivity contribution is 0.262. The second-order valence-electron chi connectivity index (χ2n) is 2.61. The fourth-order valence-electron chi connectivity index (χ4n) is 1.34. The molecule has 0 aromatic heterocycles. The molecule has 1 heterocycles. The van der Waals surface area contributed by atoms with Crippen molar-refractivity contribution in [1.82, 2.24) is 5.32 Å². The third-order valence-corrected chi connectivity index (χ3v) is 1.87. The Morgan fingerprint density at radius 2 is 2.36 bits per heavy atom. The lowest BCUT2D eigenvalue weighted by Gasteiger charge is -2.12. The van der Waals surface area contributed by atoms with E-state index in [1.807, 2.05) is 12.2 Å². The molecule has 0 aromatic carbocycles. The summed E-state index contributed by atoms with van der Waals surface area (Å²) in [5, 5.41) is 21.5. The van der Waals surface area contributed by atoms with Crippen LogP contribution in [0.4, 0.5) is 0 Å². The van der Waals surface area contributed by atoms with E-state index in [4.69, 9.17) is 0 Å². The van der Waals surface area contributed by atoms with E-state index >= 15 is 0 Å². The number of hydrogen-bond donors (Lipinski definition) is 3. The summed E-state index contributed by atoms with van der Waals surface area (Å²) in [7, 11) is 0. The Kier molecular flexibility index (Phi) is 1.26. The van der Waals surface area contributed by atoms with Crippen molar-refractivity contribution in [2.75, 3.05) is 6.54 Å². The van der Waals surface area contributed by atoms with Gasteiger partial charge in [-0.05, 0) is 6.08 Å². The molecule has 0 saturated heterocycles. The highest BCUT2D eigenvalue weighted by Crippen LogP contribution is 2.25. The van der Waals surface area contributed by atoms with Gasteiger partial charge in [0.05, 0.1) is 5.70 Å². The second kappa shape index (κ2) is 2.13. The normalized spacial score (nSPS) is 28.1. The van der Waals surface area contributed by atoms with Crippen molar-refractivity contribution < 1.29 is 10.2 Å². The first-order valence-electron chi connectivity index (χ1n) is 3.53. The molecule has 2 aliphatic rings. The van der Waals surface area contributed by atoms with Gasteiger partial charge >= 0.3 is 0 Å². The zero-order chi connectivity index (χ0) is 7.84. The van der Waals surface area contributed by atoms with Gasteiger partial charge in [0, 0.05) is 12.1 Å². The van der Waals surface area contributed by atoms with E-state index in [9.17, 15) is 10.2 Å². The Bertz CT molecular complexity index is 276. The van der Waals surface area contributed by atoms with E-state index in [2.05, 4.69) is 5.32 Å². The van der Waals surface area contributed by atoms with Crippen molar-refractivity contribution >= 4 is 0 Å². The van der Waals surface area contributed by atoms with Crippen molar-refractivity contribution in [2.24, 2.45) is 0 Å². The summed E-state index contributed by atoms with van der Waals surface area (Å²) < 4.78 is 0. The lowest BCUT2D eigenvalue weighted by Crippen LogP contribution is -2.19. The molecule has 1 unspecified atom stereocenters. The minimum Gasteiger partial charge on any atom is -0.506 e. The van der Waals surface area contributed by atoms with Crippen LogP contribution in [0.5, 0.6) is 0 Å². The van der Waals surface area contributed by atoms with Gasteiger partial charge in [0.25, 0.3) is 0 Å². The number of rotatable bonds is 0. The van der Waals surface area contributed by atoms with Crippen LogP contribution in [0.25, 0.3) is 0 Å². The second-order valence-corrected chi connectivity index (χ2v) is 2.61. The molecule has 1 aliphatic carbocycles. The maximum Gasteiger partial charge on any atom is 0.138 e. The van der Waals surface area contributed by atoms with Crippen LogP contribution in [0.2, 0.25) is 0 Å². The molecule has 3 heteroatoms. The molecular weight excluding hydrogens is 142 g/mol. The Balaban J connectivity index is 2.42. The molecule has 0 bridgehead atoms. The highest BCUT2D eigenvalue weighted by Gasteiger charge is 2.23. The van der Waals surface area contributed by atoms with Crippen LogP contribution in [0.1, 0.15) is 0 Å². The minimum atomic E-state index is -0.644. The van der Waals surface area contributed by atoms with Gasteiger partial charge in [-0.3, -0.25) is 0 Å². The van der Waals surface area contributed by atoms with Crippen LogP contribution in [0.15, 0.2) is 35.3 Å². The molecule has 3 N–H and O–H groups in total. The highest BCUT2D eigenvalue weighted by atomic mass is 16.3. The van der Waals surface area contributed by atoms with E-state index in [0.717, 1.165) is 5.57 Å². The smallest absolute Gasteiger partial charge is 0.138 e. The third kappa shape index (κ3) is 0.851. The first kappa shape index (κ1) is 6.49. The van der Waals surface area contributed by atoms with Crippen molar-refractivity contribution in [1.29, 1.82) is 0 Å². The number of hydrogen-bond acceptors (Lipinski definition) is 3. The van der Waals surface area contributed by atoms with Crippen LogP contribution < -0.4 is 5.32 Å². The van der Waals surface area contributed by atoms with E-state index in [0.29, 0.717) is 12.2 Å². The van der Waals surface area contributed by atoms with Crippen LogP contribution in [0.3, 0.4) is 0 Å². The van der Waals surface area contributed by atoms with Crippen molar-refractivity contribution in [3.05, 3.63) is 35.3 Å². The summed E-state index contributed by atoms with van der Waals surface area (Å²) in [6.45, 7) is 0.712. The molecule has 3 nitrogen and oxygen atoms in total. The van der Waals surface area contributed by atoms with E-state index in [-0.39, 0.29) is 5.76 Å². The third-order valence-electron chi connectivity index (χ3n) is 1.87. The maximum atomic E-state index is 9.31. The van der Waals surface area contributed by atoms with E-state index in [1.54, 1.807) is 0 Å². The molecule has 2 rings (SSSR count). The molecule has 58 valence electrons. The Hall–Kier alpha value is -1.22. The average Bonchev–Trinajstić information content (AvgIpc) is 2.30. The van der Waals surface area contributed by atoms with Crippen molar-refractivity contribution in [2.45, 2.75) is 6.10 Å². The quantitative estimate of drug-likeness (QED) is 0.464.